The zero-order valence-corrected chi connectivity index (χ0v) is 42.9. The van der Waals surface area contributed by atoms with Gasteiger partial charge in [0.2, 0.25) is 0 Å². The molecule has 296 valence electrons. The van der Waals surface area contributed by atoms with Gasteiger partial charge in [-0.1, -0.05) is 155 Å². The quantitative estimate of drug-likeness (QED) is 0.0234. The molecule has 0 aromatic carbocycles. The van der Waals surface area contributed by atoms with Gasteiger partial charge in [0.15, 0.2) is 0 Å². The number of aliphatic carboxylic acids is 2. The first-order valence-electron chi connectivity index (χ1n) is 20.5. The van der Waals surface area contributed by atoms with Crippen molar-refractivity contribution in [1.29, 1.82) is 0 Å². The minimum absolute atomic E-state index is 0.149. The minimum atomic E-state index is -1.27. The molecule has 4 nitrogen and oxygen atoms in total. The number of carbonyl (C=O) groups is 2. The predicted molar refractivity (Wildman–Crippen MR) is 236 cm³/mol. The summed E-state index contributed by atoms with van der Waals surface area (Å²) in [5.74, 6) is -2.38. The molecule has 0 aromatic rings. The van der Waals surface area contributed by atoms with E-state index in [1.54, 1.807) is 8.87 Å². The molecular weight excluding hydrogens is 910 g/mol. The number of rotatable bonds is 32. The molecule has 0 saturated carbocycles. The second-order valence-electron chi connectivity index (χ2n) is 13.7. The van der Waals surface area contributed by atoms with E-state index in [9.17, 15) is 19.8 Å². The molecule has 0 bridgehead atoms. The summed E-state index contributed by atoms with van der Waals surface area (Å²) in [5, 5.41) is 21.3. The molecule has 0 heterocycles. The van der Waals surface area contributed by atoms with E-state index >= 15 is 0 Å². The van der Waals surface area contributed by atoms with E-state index in [0.29, 0.717) is 12.8 Å². The van der Waals surface area contributed by atoms with Crippen LogP contribution in [0.1, 0.15) is 207 Å². The third kappa shape index (κ3) is 52.0. The van der Waals surface area contributed by atoms with Gasteiger partial charge < -0.3 is 19.8 Å². The predicted octanol–water partition coefficient (Wildman–Crippen LogP) is 11.9. The van der Waals surface area contributed by atoms with Crippen molar-refractivity contribution in [1.82, 2.24) is 0 Å². The number of carboxylic acids is 2. The van der Waals surface area contributed by atoms with E-state index in [1.807, 2.05) is 0 Å². The van der Waals surface area contributed by atoms with Gasteiger partial charge in [0.25, 0.3) is 0 Å². The molecule has 0 atom stereocenters. The maximum absolute atomic E-state index is 10.7. The molecule has 10 heteroatoms. The van der Waals surface area contributed by atoms with Crippen molar-refractivity contribution in [2.24, 2.45) is 0 Å². The summed E-state index contributed by atoms with van der Waals surface area (Å²) >= 11 is 16.3. The van der Waals surface area contributed by atoms with Crippen molar-refractivity contribution in [2.75, 3.05) is 0 Å². The summed E-state index contributed by atoms with van der Waals surface area (Å²) in [5.41, 5.74) is 0. The molecule has 50 heavy (non-hydrogen) atoms. The Morgan fingerprint density at radius 1 is 0.420 bits per heavy atom. The van der Waals surface area contributed by atoms with Gasteiger partial charge in [-0.3, -0.25) is 0 Å². The van der Waals surface area contributed by atoms with Gasteiger partial charge in [0.1, 0.15) is 0 Å². The van der Waals surface area contributed by atoms with E-state index in [-0.39, 0.29) is 42.3 Å². The molecule has 0 N–H and O–H groups in total. The summed E-state index contributed by atoms with van der Waals surface area (Å²) in [6.07, 6.45) is 34.5. The summed E-state index contributed by atoms with van der Waals surface area (Å²) in [7, 11) is 0. The van der Waals surface area contributed by atoms with Crippen molar-refractivity contribution in [3.05, 3.63) is 0 Å². The van der Waals surface area contributed by atoms with Crippen LogP contribution in [-0.4, -0.2) is 62.4 Å². The Hall–Kier alpha value is 1.94. The summed E-state index contributed by atoms with van der Waals surface area (Å²) in [6, 6.07) is 0. The van der Waals surface area contributed by atoms with Crippen molar-refractivity contribution in [3.8, 4) is 0 Å². The zero-order valence-electron chi connectivity index (χ0n) is 33.6. The SMILES string of the molecule is CCCCCCCCCCC(S)(S)C(=O)[O-].CCCCCCCCCCCCCCCCC(S)(S)C(=O)[O-].CCC[CH2][Sn+2][CH2]CCC.[CH3][Sn+2][CH3]. The molecule has 0 aliphatic heterocycles. The van der Waals surface area contributed by atoms with Crippen molar-refractivity contribution in [3.63, 3.8) is 0 Å². The Kier molecular flexibility index (Phi) is 55.2. The van der Waals surface area contributed by atoms with Crippen LogP contribution in [0.15, 0.2) is 0 Å². The first kappa shape index (κ1) is 58.6. The Labute approximate surface area is 355 Å². The first-order chi connectivity index (χ1) is 23.8. The number of unbranched alkanes of at least 4 members (excludes halogenated alkanes) is 22. The molecule has 0 radical (unpaired) electrons. The van der Waals surface area contributed by atoms with E-state index in [2.05, 4.69) is 88.1 Å². The number of hydrogen-bond acceptors (Lipinski definition) is 8. The van der Waals surface area contributed by atoms with Crippen LogP contribution in [0.3, 0.4) is 0 Å². The van der Waals surface area contributed by atoms with Crippen LogP contribution in [-0.2, 0) is 9.59 Å². The fourth-order valence-electron chi connectivity index (χ4n) is 5.00. The number of thiol groups is 4. The Balaban J connectivity index is -0.000000329. The summed E-state index contributed by atoms with van der Waals surface area (Å²) in [4.78, 5) is 25.9. The van der Waals surface area contributed by atoms with Gasteiger partial charge >= 0.3 is 101 Å². The average Bonchev–Trinajstić information content (AvgIpc) is 3.07. The van der Waals surface area contributed by atoms with Gasteiger partial charge in [-0.2, -0.15) is 50.5 Å². The molecule has 0 unspecified atom stereocenters. The monoisotopic (exact) mass is 994 g/mol. The van der Waals surface area contributed by atoms with E-state index in [4.69, 9.17) is 0 Å². The Morgan fingerprint density at radius 3 is 0.820 bits per heavy atom. The van der Waals surface area contributed by atoms with Crippen LogP contribution in [0.4, 0.5) is 0 Å². The van der Waals surface area contributed by atoms with Crippen molar-refractivity contribution in [2.45, 2.75) is 234 Å². The normalized spacial score (nSPS) is 10.8. The van der Waals surface area contributed by atoms with Crippen LogP contribution in [0.25, 0.3) is 0 Å². The summed E-state index contributed by atoms with van der Waals surface area (Å²) < 4.78 is 0.721. The van der Waals surface area contributed by atoms with Crippen LogP contribution < -0.4 is 10.2 Å². The van der Waals surface area contributed by atoms with Gasteiger partial charge in [-0.05, 0) is 12.8 Å². The number of carbonyl (C=O) groups excluding carboxylic acids is 2. The third-order valence-electron chi connectivity index (χ3n) is 8.33. The van der Waals surface area contributed by atoms with Crippen LogP contribution in [0, 0.1) is 0 Å². The van der Waals surface area contributed by atoms with Gasteiger partial charge in [0.05, 0.1) is 20.1 Å². The molecule has 0 saturated heterocycles. The maximum atomic E-state index is 10.7. The Morgan fingerprint density at radius 2 is 0.620 bits per heavy atom. The molecular formula is C40H82O4S4Sn2+2. The molecule has 0 aliphatic carbocycles. The molecule has 0 aliphatic rings. The van der Waals surface area contributed by atoms with Crippen LogP contribution in [0.5, 0.6) is 0 Å². The first-order valence-corrected chi connectivity index (χ1v) is 32.0. The van der Waals surface area contributed by atoms with E-state index in [1.165, 1.54) is 141 Å². The Bertz CT molecular complexity index is 680. The molecule has 0 aromatic heterocycles. The third-order valence-corrected chi connectivity index (χ3v) is 14.0. The fraction of sp³-hybridized carbons (Fsp3) is 0.950. The zero-order chi connectivity index (χ0) is 38.8. The standard InChI is InChI=1S/C18H36O2S2.C12H24O2S2.2C4H9.2CH3.2Sn/c1-2-3-4-5-6-7-8-9-10-11-12-13-14-15-16-18(21,22)17(19)20;1-2-3-4-5-6-7-8-9-10-12(15,16)11(13)14;2*1-3-4-2;;;;/h21-22H,2-16H2,1H3,(H,19,20);15-16H,2-10H2,1H3,(H,13,14);2*1,3-4H2,2H3;2*1H3;;/q;;;;;;2*+2/p-2. The molecule has 0 fully saturated rings. The van der Waals surface area contributed by atoms with Crippen LogP contribution >= 0.6 is 50.5 Å². The van der Waals surface area contributed by atoms with Gasteiger partial charge in [-0.15, -0.1) is 0 Å². The van der Waals surface area contributed by atoms with Gasteiger partial charge in [-0.25, -0.2) is 0 Å². The van der Waals surface area contributed by atoms with Crippen molar-refractivity contribution >= 4 is 105 Å². The second-order valence-corrected chi connectivity index (χ2v) is 24.6. The van der Waals surface area contributed by atoms with E-state index < -0.39 is 20.1 Å². The topological polar surface area (TPSA) is 80.3 Å². The van der Waals surface area contributed by atoms with E-state index in [0.717, 1.165) is 25.7 Å². The number of carboxylic acid groups (broad SMARTS) is 2. The average molecular weight is 993 g/mol. The molecule has 0 rings (SSSR count). The summed E-state index contributed by atoms with van der Waals surface area (Å²) in [6.45, 7) is 9.05. The molecule has 0 amide bonds. The van der Waals surface area contributed by atoms with Crippen molar-refractivity contribution < 1.29 is 19.8 Å². The van der Waals surface area contributed by atoms with Gasteiger partial charge in [0, 0.05) is 0 Å². The van der Waals surface area contributed by atoms with Crippen LogP contribution in [0.2, 0.25) is 18.8 Å². The molecule has 0 spiro atoms. The fourth-order valence-corrected chi connectivity index (χ4v) is 9.80. The number of hydrogen-bond donors (Lipinski definition) is 4. The second kappa shape index (κ2) is 47.1.